The van der Waals surface area contributed by atoms with Crippen LogP contribution in [-0.2, 0) is 11.2 Å². The molecule has 0 amide bonds. The Hall–Kier alpha value is -0.550. The largest absolute Gasteiger partial charge is 0.384 e. The molecule has 1 unspecified atom stereocenters. The zero-order valence-corrected chi connectivity index (χ0v) is 21.2. The van der Waals surface area contributed by atoms with E-state index in [0.717, 1.165) is 62.6 Å². The number of guanidine groups is 1. The van der Waals surface area contributed by atoms with Crippen LogP contribution in [0.3, 0.4) is 0 Å². The third-order valence-electron chi connectivity index (χ3n) is 5.75. The molecule has 1 aliphatic heterocycles. The SMILES string of the molecule is CCNC(=NCCCc1nnc(SC)n1C1CCCC1)N1CCC(COC)C1.I. The van der Waals surface area contributed by atoms with E-state index in [1.54, 1.807) is 18.9 Å². The third kappa shape index (κ3) is 6.72. The summed E-state index contributed by atoms with van der Waals surface area (Å²) in [6.45, 7) is 6.79. The number of nitrogens with zero attached hydrogens (tertiary/aromatic N) is 5. The van der Waals surface area contributed by atoms with Gasteiger partial charge in [0, 0.05) is 51.7 Å². The van der Waals surface area contributed by atoms with Crippen LogP contribution in [0.4, 0.5) is 0 Å². The molecule has 1 saturated heterocycles. The van der Waals surface area contributed by atoms with Gasteiger partial charge in [-0.2, -0.15) is 0 Å². The molecule has 3 rings (SSSR count). The molecular formula is C20H37IN6OS. The molecule has 2 heterocycles. The molecule has 1 N–H and O–H groups in total. The maximum absolute atomic E-state index is 5.32. The summed E-state index contributed by atoms with van der Waals surface area (Å²) in [5.74, 6) is 2.80. The van der Waals surface area contributed by atoms with E-state index in [-0.39, 0.29) is 24.0 Å². The fourth-order valence-electron chi connectivity index (χ4n) is 4.39. The van der Waals surface area contributed by atoms with Crippen molar-refractivity contribution in [3.8, 4) is 0 Å². The lowest BCUT2D eigenvalue weighted by Gasteiger charge is -2.21. The van der Waals surface area contributed by atoms with Gasteiger partial charge in [-0.3, -0.25) is 4.99 Å². The number of aliphatic imine (C=N–C) groups is 1. The molecule has 2 aliphatic rings. The van der Waals surface area contributed by atoms with Gasteiger partial charge in [0.2, 0.25) is 0 Å². The van der Waals surface area contributed by atoms with Gasteiger partial charge in [0.25, 0.3) is 0 Å². The second-order valence-electron chi connectivity index (χ2n) is 7.81. The number of aryl methyl sites for hydroxylation is 1. The van der Waals surface area contributed by atoms with Crippen molar-refractivity contribution in [1.82, 2.24) is 25.0 Å². The fourth-order valence-corrected chi connectivity index (χ4v) is 4.96. The van der Waals surface area contributed by atoms with E-state index in [1.807, 2.05) is 0 Å². The van der Waals surface area contributed by atoms with Gasteiger partial charge in [-0.1, -0.05) is 24.6 Å². The van der Waals surface area contributed by atoms with Crippen molar-refractivity contribution in [2.45, 2.75) is 63.1 Å². The molecule has 0 aromatic carbocycles. The summed E-state index contributed by atoms with van der Waals surface area (Å²) in [7, 11) is 1.79. The van der Waals surface area contributed by atoms with Crippen molar-refractivity contribution >= 4 is 41.7 Å². The molecule has 29 heavy (non-hydrogen) atoms. The van der Waals surface area contributed by atoms with E-state index >= 15 is 0 Å². The lowest BCUT2D eigenvalue weighted by atomic mass is 10.1. The normalized spacial score (nSPS) is 20.3. The maximum atomic E-state index is 5.32. The van der Waals surface area contributed by atoms with Crippen LogP contribution in [0.5, 0.6) is 0 Å². The van der Waals surface area contributed by atoms with Gasteiger partial charge in [-0.25, -0.2) is 0 Å². The van der Waals surface area contributed by atoms with Gasteiger partial charge in [0.1, 0.15) is 5.82 Å². The van der Waals surface area contributed by atoms with E-state index in [4.69, 9.17) is 9.73 Å². The van der Waals surface area contributed by atoms with Crippen molar-refractivity contribution in [1.29, 1.82) is 0 Å². The fraction of sp³-hybridized carbons (Fsp3) is 0.850. The van der Waals surface area contributed by atoms with Crippen molar-refractivity contribution in [2.75, 3.05) is 46.2 Å². The average Bonchev–Trinajstić information content (AvgIpc) is 3.44. The van der Waals surface area contributed by atoms with E-state index in [0.29, 0.717) is 12.0 Å². The minimum absolute atomic E-state index is 0. The maximum Gasteiger partial charge on any atom is 0.193 e. The van der Waals surface area contributed by atoms with Crippen LogP contribution in [0.2, 0.25) is 0 Å². The van der Waals surface area contributed by atoms with Gasteiger partial charge in [-0.15, -0.1) is 34.2 Å². The van der Waals surface area contributed by atoms with Gasteiger partial charge < -0.3 is 19.5 Å². The molecule has 1 aliphatic carbocycles. The number of likely N-dealkylation sites (tertiary alicyclic amines) is 1. The first-order chi connectivity index (χ1) is 13.8. The van der Waals surface area contributed by atoms with Crippen LogP contribution < -0.4 is 5.32 Å². The number of rotatable bonds is 9. The highest BCUT2D eigenvalue weighted by molar-refractivity contribution is 14.0. The highest BCUT2D eigenvalue weighted by Crippen LogP contribution is 2.33. The smallest absolute Gasteiger partial charge is 0.193 e. The van der Waals surface area contributed by atoms with Crippen LogP contribution in [-0.4, -0.2) is 71.8 Å². The third-order valence-corrected chi connectivity index (χ3v) is 6.39. The van der Waals surface area contributed by atoms with Gasteiger partial charge in [-0.05, 0) is 38.9 Å². The first kappa shape index (κ1) is 24.7. The van der Waals surface area contributed by atoms with Crippen LogP contribution in [0.15, 0.2) is 10.1 Å². The Balaban J connectivity index is 0.00000300. The Morgan fingerprint density at radius 1 is 1.28 bits per heavy atom. The minimum Gasteiger partial charge on any atom is -0.384 e. The summed E-state index contributed by atoms with van der Waals surface area (Å²) in [5.41, 5.74) is 0. The van der Waals surface area contributed by atoms with E-state index in [2.05, 4.69) is 38.2 Å². The van der Waals surface area contributed by atoms with E-state index in [1.165, 1.54) is 32.1 Å². The highest BCUT2D eigenvalue weighted by Gasteiger charge is 2.25. The number of nitrogens with one attached hydrogen (secondary N) is 1. The molecule has 9 heteroatoms. The summed E-state index contributed by atoms with van der Waals surface area (Å²) in [4.78, 5) is 7.26. The van der Waals surface area contributed by atoms with Crippen LogP contribution in [0.25, 0.3) is 0 Å². The lowest BCUT2D eigenvalue weighted by molar-refractivity contribution is 0.157. The number of ether oxygens (including phenoxy) is 1. The summed E-state index contributed by atoms with van der Waals surface area (Å²) in [5, 5.41) is 13.4. The predicted molar refractivity (Wildman–Crippen MR) is 131 cm³/mol. The van der Waals surface area contributed by atoms with Crippen LogP contribution >= 0.6 is 35.7 Å². The molecule has 166 valence electrons. The van der Waals surface area contributed by atoms with Crippen molar-refractivity contribution in [2.24, 2.45) is 10.9 Å². The van der Waals surface area contributed by atoms with Gasteiger partial charge in [0.05, 0.1) is 6.61 Å². The molecule has 7 nitrogen and oxygen atoms in total. The quantitative estimate of drug-likeness (QED) is 0.171. The monoisotopic (exact) mass is 536 g/mol. The molecular weight excluding hydrogens is 499 g/mol. The summed E-state index contributed by atoms with van der Waals surface area (Å²) < 4.78 is 7.73. The predicted octanol–water partition coefficient (Wildman–Crippen LogP) is 3.60. The topological polar surface area (TPSA) is 67.6 Å². The molecule has 1 saturated carbocycles. The molecule has 2 fully saturated rings. The number of halogens is 1. The zero-order chi connectivity index (χ0) is 19.8. The summed E-state index contributed by atoms with van der Waals surface area (Å²) in [6, 6.07) is 0.593. The van der Waals surface area contributed by atoms with Crippen molar-refractivity contribution in [3.63, 3.8) is 0 Å². The molecule has 1 aromatic rings. The number of aromatic nitrogens is 3. The Morgan fingerprint density at radius 3 is 2.76 bits per heavy atom. The number of hydrogen-bond acceptors (Lipinski definition) is 5. The molecule has 0 radical (unpaired) electrons. The molecule has 1 atom stereocenters. The Bertz CT molecular complexity index is 634. The van der Waals surface area contributed by atoms with Crippen LogP contribution in [0, 0.1) is 5.92 Å². The van der Waals surface area contributed by atoms with Gasteiger partial charge in [0.15, 0.2) is 11.1 Å². The zero-order valence-electron chi connectivity index (χ0n) is 18.1. The standard InChI is InChI=1S/C20H36N6OS.HI/c1-4-21-19(25-13-11-16(14-25)15-27-2)22-12-7-10-18-23-24-20(28-3)26(18)17-8-5-6-9-17;/h16-17H,4-15H2,1-3H3,(H,21,22);1H. The molecule has 0 bridgehead atoms. The van der Waals surface area contributed by atoms with E-state index in [9.17, 15) is 0 Å². The summed E-state index contributed by atoms with van der Waals surface area (Å²) >= 11 is 1.71. The van der Waals surface area contributed by atoms with Crippen molar-refractivity contribution < 1.29 is 4.74 Å². The second kappa shape index (κ2) is 13.0. The number of hydrogen-bond donors (Lipinski definition) is 1. The summed E-state index contributed by atoms with van der Waals surface area (Å²) in [6.07, 6.45) is 10.4. The Morgan fingerprint density at radius 2 is 2.07 bits per heavy atom. The second-order valence-corrected chi connectivity index (χ2v) is 8.58. The first-order valence-electron chi connectivity index (χ1n) is 10.8. The van der Waals surface area contributed by atoms with Crippen molar-refractivity contribution in [3.05, 3.63) is 5.82 Å². The van der Waals surface area contributed by atoms with Crippen LogP contribution in [0.1, 0.15) is 57.3 Å². The number of methoxy groups -OCH3 is 1. The van der Waals surface area contributed by atoms with E-state index < -0.39 is 0 Å². The lowest BCUT2D eigenvalue weighted by Crippen LogP contribution is -2.40. The highest BCUT2D eigenvalue weighted by atomic mass is 127. The molecule has 1 aromatic heterocycles. The number of thioether (sulfide) groups is 1. The first-order valence-corrected chi connectivity index (χ1v) is 12.0. The Labute approximate surface area is 196 Å². The minimum atomic E-state index is 0. The average molecular weight is 537 g/mol. The Kier molecular flexibility index (Phi) is 11.1. The van der Waals surface area contributed by atoms with Gasteiger partial charge >= 0.3 is 0 Å². The molecule has 0 spiro atoms.